The monoisotopic (exact) mass is 341 g/mol. The minimum atomic E-state index is -1.01. The Bertz CT molecular complexity index is 788. The SMILES string of the molecule is C=CC[C@@H]1N(c2ccccc2OC)C(=O)[C@H]2[C@@H](C(=O)O)[C@H]3C=C[C@@]12O3. The molecule has 3 aliphatic heterocycles. The van der Waals surface area contributed by atoms with Gasteiger partial charge in [-0.1, -0.05) is 30.4 Å². The molecule has 0 saturated carbocycles. The second-order valence-electron chi connectivity index (χ2n) is 6.56. The molecule has 6 nitrogen and oxygen atoms in total. The smallest absolute Gasteiger partial charge is 0.310 e. The zero-order chi connectivity index (χ0) is 17.8. The predicted molar refractivity (Wildman–Crippen MR) is 90.4 cm³/mol. The van der Waals surface area contributed by atoms with E-state index in [2.05, 4.69) is 6.58 Å². The Morgan fingerprint density at radius 2 is 2.24 bits per heavy atom. The van der Waals surface area contributed by atoms with Crippen LogP contribution in [0.2, 0.25) is 0 Å². The summed E-state index contributed by atoms with van der Waals surface area (Å²) in [6.45, 7) is 3.80. The van der Waals surface area contributed by atoms with Crippen LogP contribution >= 0.6 is 0 Å². The van der Waals surface area contributed by atoms with Gasteiger partial charge in [0.2, 0.25) is 5.91 Å². The molecule has 5 atom stereocenters. The van der Waals surface area contributed by atoms with E-state index in [0.29, 0.717) is 17.9 Å². The number of fused-ring (bicyclic) bond motifs is 1. The maximum atomic E-state index is 13.3. The Kier molecular flexibility index (Phi) is 3.47. The average molecular weight is 341 g/mol. The van der Waals surface area contributed by atoms with Crippen molar-refractivity contribution in [3.8, 4) is 5.75 Å². The molecule has 130 valence electrons. The van der Waals surface area contributed by atoms with E-state index in [1.807, 2.05) is 18.2 Å². The molecule has 0 aromatic heterocycles. The molecular formula is C19H19NO5. The summed E-state index contributed by atoms with van der Waals surface area (Å²) in [5, 5.41) is 9.64. The number of anilines is 1. The number of carbonyl (C=O) groups is 2. The summed E-state index contributed by atoms with van der Waals surface area (Å²) in [5.74, 6) is -2.30. The van der Waals surface area contributed by atoms with Crippen LogP contribution in [0.3, 0.4) is 0 Å². The van der Waals surface area contributed by atoms with Crippen molar-refractivity contribution in [1.29, 1.82) is 0 Å². The number of carboxylic acid groups (broad SMARTS) is 1. The van der Waals surface area contributed by atoms with Crippen LogP contribution in [0.25, 0.3) is 0 Å². The van der Waals surface area contributed by atoms with Crippen LogP contribution < -0.4 is 9.64 Å². The minimum Gasteiger partial charge on any atom is -0.495 e. The molecule has 3 aliphatic rings. The highest BCUT2D eigenvalue weighted by atomic mass is 16.5. The highest BCUT2D eigenvalue weighted by molar-refractivity contribution is 6.04. The molecular weight excluding hydrogens is 322 g/mol. The summed E-state index contributed by atoms with van der Waals surface area (Å²) in [6, 6.07) is 6.87. The van der Waals surface area contributed by atoms with Crippen LogP contribution in [0.15, 0.2) is 49.1 Å². The van der Waals surface area contributed by atoms with Crippen molar-refractivity contribution in [3.05, 3.63) is 49.1 Å². The molecule has 0 radical (unpaired) electrons. The van der Waals surface area contributed by atoms with Crippen molar-refractivity contribution in [2.24, 2.45) is 11.8 Å². The van der Waals surface area contributed by atoms with Crippen LogP contribution in [0, 0.1) is 11.8 Å². The summed E-state index contributed by atoms with van der Waals surface area (Å²) >= 11 is 0. The molecule has 6 heteroatoms. The fourth-order valence-electron chi connectivity index (χ4n) is 4.49. The highest BCUT2D eigenvalue weighted by Crippen LogP contribution is 2.57. The van der Waals surface area contributed by atoms with Gasteiger partial charge in [0, 0.05) is 0 Å². The molecule has 1 N–H and O–H groups in total. The predicted octanol–water partition coefficient (Wildman–Crippen LogP) is 2.01. The second kappa shape index (κ2) is 5.46. The average Bonchev–Trinajstić information content (AvgIpc) is 3.24. The van der Waals surface area contributed by atoms with E-state index in [1.165, 1.54) is 0 Å². The first-order valence-corrected chi connectivity index (χ1v) is 8.22. The lowest BCUT2D eigenvalue weighted by Gasteiger charge is -2.33. The van der Waals surface area contributed by atoms with E-state index in [1.54, 1.807) is 36.3 Å². The minimum absolute atomic E-state index is 0.240. The maximum absolute atomic E-state index is 13.3. The third-order valence-corrected chi connectivity index (χ3v) is 5.44. The molecule has 1 aromatic rings. The molecule has 3 heterocycles. The molecule has 0 unspecified atom stereocenters. The number of rotatable bonds is 5. The van der Waals surface area contributed by atoms with Gasteiger partial charge in [-0.15, -0.1) is 6.58 Å². The number of amides is 1. The van der Waals surface area contributed by atoms with Gasteiger partial charge in [0.25, 0.3) is 0 Å². The third kappa shape index (κ3) is 1.94. The van der Waals surface area contributed by atoms with Crippen molar-refractivity contribution >= 4 is 17.6 Å². The molecule has 1 aromatic carbocycles. The zero-order valence-electron chi connectivity index (χ0n) is 13.8. The Morgan fingerprint density at radius 3 is 2.92 bits per heavy atom. The topological polar surface area (TPSA) is 76.1 Å². The van der Waals surface area contributed by atoms with E-state index in [4.69, 9.17) is 9.47 Å². The molecule has 4 rings (SSSR count). The van der Waals surface area contributed by atoms with E-state index < -0.39 is 29.5 Å². The number of hydrogen-bond acceptors (Lipinski definition) is 4. The lowest BCUT2D eigenvalue weighted by atomic mass is 9.74. The molecule has 2 saturated heterocycles. The number of benzene rings is 1. The maximum Gasteiger partial charge on any atom is 0.310 e. The fraction of sp³-hybridized carbons (Fsp3) is 0.368. The lowest BCUT2D eigenvalue weighted by molar-refractivity contribution is -0.146. The Labute approximate surface area is 145 Å². The van der Waals surface area contributed by atoms with Crippen LogP contribution in [0.1, 0.15) is 6.42 Å². The Balaban J connectivity index is 1.87. The quantitative estimate of drug-likeness (QED) is 0.829. The number of methoxy groups -OCH3 is 1. The first-order valence-electron chi connectivity index (χ1n) is 8.22. The number of hydrogen-bond donors (Lipinski definition) is 1. The van der Waals surface area contributed by atoms with Gasteiger partial charge in [0.15, 0.2) is 0 Å². The van der Waals surface area contributed by atoms with Gasteiger partial charge in [-0.05, 0) is 18.6 Å². The van der Waals surface area contributed by atoms with E-state index >= 15 is 0 Å². The van der Waals surface area contributed by atoms with Gasteiger partial charge in [-0.3, -0.25) is 9.59 Å². The number of aliphatic carboxylic acids is 1. The number of carboxylic acids is 1. The number of para-hydroxylation sites is 2. The van der Waals surface area contributed by atoms with Gasteiger partial charge in [0.05, 0.1) is 30.9 Å². The van der Waals surface area contributed by atoms with Crippen molar-refractivity contribution in [1.82, 2.24) is 0 Å². The van der Waals surface area contributed by atoms with Crippen molar-refractivity contribution in [2.45, 2.75) is 24.2 Å². The summed E-state index contributed by atoms with van der Waals surface area (Å²) in [7, 11) is 1.54. The number of nitrogens with zero attached hydrogens (tertiary/aromatic N) is 1. The Hall–Kier alpha value is -2.60. The lowest BCUT2D eigenvalue weighted by Crippen LogP contribution is -2.45. The third-order valence-electron chi connectivity index (χ3n) is 5.44. The first kappa shape index (κ1) is 15.9. The van der Waals surface area contributed by atoms with Gasteiger partial charge in [-0.2, -0.15) is 0 Å². The number of carbonyl (C=O) groups excluding carboxylic acids is 1. The zero-order valence-corrected chi connectivity index (χ0v) is 13.8. The van der Waals surface area contributed by atoms with Crippen molar-refractivity contribution in [2.75, 3.05) is 12.0 Å². The van der Waals surface area contributed by atoms with E-state index in [9.17, 15) is 14.7 Å². The molecule has 1 amide bonds. The summed E-state index contributed by atoms with van der Waals surface area (Å²) < 4.78 is 11.5. The van der Waals surface area contributed by atoms with Gasteiger partial charge < -0.3 is 19.5 Å². The van der Waals surface area contributed by atoms with E-state index in [-0.39, 0.29) is 11.9 Å². The first-order chi connectivity index (χ1) is 12.0. The normalized spacial score (nSPS) is 35.1. The summed E-state index contributed by atoms with van der Waals surface area (Å²) in [5.41, 5.74) is -0.310. The number of ether oxygens (including phenoxy) is 2. The molecule has 1 spiro atoms. The van der Waals surface area contributed by atoms with E-state index in [0.717, 1.165) is 0 Å². The van der Waals surface area contributed by atoms with Gasteiger partial charge >= 0.3 is 5.97 Å². The highest BCUT2D eigenvalue weighted by Gasteiger charge is 2.71. The van der Waals surface area contributed by atoms with Crippen LogP contribution in [-0.2, 0) is 14.3 Å². The van der Waals surface area contributed by atoms with Crippen LogP contribution in [0.5, 0.6) is 5.75 Å². The second-order valence-corrected chi connectivity index (χ2v) is 6.56. The van der Waals surface area contributed by atoms with Crippen LogP contribution in [-0.4, -0.2) is 41.8 Å². The molecule has 2 fully saturated rings. The largest absolute Gasteiger partial charge is 0.495 e. The Morgan fingerprint density at radius 1 is 1.48 bits per heavy atom. The van der Waals surface area contributed by atoms with Crippen molar-refractivity contribution < 1.29 is 24.2 Å². The van der Waals surface area contributed by atoms with Crippen molar-refractivity contribution in [3.63, 3.8) is 0 Å². The molecule has 0 aliphatic carbocycles. The standard InChI is InChI=1S/C19H19NO5/c1-3-6-14-19-10-9-13(25-19)15(18(22)23)16(19)17(21)20(14)11-7-4-5-8-12(11)24-2/h3-5,7-10,13-16H,1,6H2,2H3,(H,22,23)/t13-,14+,15+,16-,19-/m1/s1. The molecule has 25 heavy (non-hydrogen) atoms. The van der Waals surface area contributed by atoms with Gasteiger partial charge in [0.1, 0.15) is 17.3 Å². The molecule has 2 bridgehead atoms. The van der Waals surface area contributed by atoms with Crippen LogP contribution in [0.4, 0.5) is 5.69 Å². The van der Waals surface area contributed by atoms with Gasteiger partial charge in [-0.25, -0.2) is 0 Å². The summed E-state index contributed by atoms with van der Waals surface area (Å²) in [4.78, 5) is 26.7. The summed E-state index contributed by atoms with van der Waals surface area (Å²) in [6.07, 6.45) is 5.30. The fourth-order valence-corrected chi connectivity index (χ4v) is 4.49.